The number of rotatable bonds is 5. The van der Waals surface area contributed by atoms with Gasteiger partial charge in [-0.3, -0.25) is 14.4 Å². The van der Waals surface area contributed by atoms with Crippen molar-refractivity contribution in [3.8, 4) is 0 Å². The highest BCUT2D eigenvalue weighted by atomic mass is 16.2. The van der Waals surface area contributed by atoms with E-state index in [1.165, 1.54) is 6.07 Å². The van der Waals surface area contributed by atoms with Crippen LogP contribution in [-0.4, -0.2) is 22.7 Å². The number of anilines is 2. The van der Waals surface area contributed by atoms with Crippen LogP contribution < -0.4 is 16.4 Å². The van der Waals surface area contributed by atoms with Gasteiger partial charge in [0, 0.05) is 11.3 Å². The lowest BCUT2D eigenvalue weighted by molar-refractivity contribution is -0.111. The van der Waals surface area contributed by atoms with Crippen molar-refractivity contribution in [2.24, 2.45) is 5.73 Å². The number of hydrogen-bond donors (Lipinski definition) is 3. The van der Waals surface area contributed by atoms with E-state index in [-0.39, 0.29) is 17.4 Å². The van der Waals surface area contributed by atoms with Gasteiger partial charge in [-0.25, -0.2) is 4.98 Å². The Labute approximate surface area is 132 Å². The van der Waals surface area contributed by atoms with Gasteiger partial charge < -0.3 is 16.4 Å². The zero-order valence-electron chi connectivity index (χ0n) is 12.1. The van der Waals surface area contributed by atoms with Crippen molar-refractivity contribution in [2.75, 3.05) is 10.6 Å². The summed E-state index contributed by atoms with van der Waals surface area (Å²) >= 11 is 0. The number of pyridine rings is 1. The highest BCUT2D eigenvalue weighted by Crippen LogP contribution is 2.12. The molecule has 7 heteroatoms. The third kappa shape index (κ3) is 4.24. The molecule has 0 fully saturated rings. The average molecular weight is 310 g/mol. The molecule has 2 aromatic rings. The fourth-order valence-corrected chi connectivity index (χ4v) is 1.73. The highest BCUT2D eigenvalue weighted by molar-refractivity contribution is 6.05. The summed E-state index contributed by atoms with van der Waals surface area (Å²) in [4.78, 5) is 38.3. The predicted molar refractivity (Wildman–Crippen MR) is 86.0 cm³/mol. The van der Waals surface area contributed by atoms with E-state index in [0.717, 1.165) is 6.08 Å². The summed E-state index contributed by atoms with van der Waals surface area (Å²) in [5.74, 6) is -1.20. The van der Waals surface area contributed by atoms with Crippen molar-refractivity contribution in [3.05, 3.63) is 66.4 Å². The summed E-state index contributed by atoms with van der Waals surface area (Å²) in [6.45, 7) is 3.35. The molecule has 0 aliphatic heterocycles. The molecule has 0 aliphatic rings. The van der Waals surface area contributed by atoms with Gasteiger partial charge in [0.05, 0.1) is 0 Å². The van der Waals surface area contributed by atoms with Crippen molar-refractivity contribution in [1.29, 1.82) is 0 Å². The Balaban J connectivity index is 2.08. The fourth-order valence-electron chi connectivity index (χ4n) is 1.73. The smallest absolute Gasteiger partial charge is 0.267 e. The summed E-state index contributed by atoms with van der Waals surface area (Å²) in [6, 6.07) is 10.8. The number of nitrogens with two attached hydrogens (primary N) is 1. The Bertz CT molecular complexity index is 769. The summed E-state index contributed by atoms with van der Waals surface area (Å²) in [7, 11) is 0. The van der Waals surface area contributed by atoms with Crippen LogP contribution in [0.1, 0.15) is 20.8 Å². The number of aromatic nitrogens is 1. The summed E-state index contributed by atoms with van der Waals surface area (Å²) in [5, 5.41) is 5.14. The van der Waals surface area contributed by atoms with Crippen molar-refractivity contribution in [2.45, 2.75) is 0 Å². The summed E-state index contributed by atoms with van der Waals surface area (Å²) in [6.07, 6.45) is 1.15. The lowest BCUT2D eigenvalue weighted by Gasteiger charge is -2.07. The zero-order chi connectivity index (χ0) is 16.8. The third-order valence-corrected chi connectivity index (χ3v) is 2.84. The van der Waals surface area contributed by atoms with E-state index in [1.807, 2.05) is 0 Å². The van der Waals surface area contributed by atoms with Crippen molar-refractivity contribution >= 4 is 29.2 Å². The maximum Gasteiger partial charge on any atom is 0.267 e. The van der Waals surface area contributed by atoms with E-state index in [4.69, 9.17) is 5.73 Å². The first-order valence-electron chi connectivity index (χ1n) is 6.61. The van der Waals surface area contributed by atoms with Gasteiger partial charge in [-0.1, -0.05) is 12.6 Å². The van der Waals surface area contributed by atoms with Crippen LogP contribution in [-0.2, 0) is 4.79 Å². The van der Waals surface area contributed by atoms with Crippen LogP contribution in [0.3, 0.4) is 0 Å². The fraction of sp³-hybridized carbons (Fsp3) is 0. The van der Waals surface area contributed by atoms with E-state index < -0.39 is 11.8 Å². The standard InChI is InChI=1S/C16H14N4O3/c1-2-14(21)18-11-8-6-10(7-9-11)16(23)20-13-5-3-4-12(19-13)15(17)22/h2-9H,1H2,(H2,17,22)(H,18,21)(H,19,20,23). The number of amides is 3. The quantitative estimate of drug-likeness (QED) is 0.727. The molecule has 4 N–H and O–H groups in total. The Morgan fingerprint density at radius 3 is 2.35 bits per heavy atom. The van der Waals surface area contributed by atoms with Crippen LogP contribution in [0.2, 0.25) is 0 Å². The number of carbonyl (C=O) groups excluding carboxylic acids is 3. The van der Waals surface area contributed by atoms with Crippen molar-refractivity contribution in [1.82, 2.24) is 4.98 Å². The third-order valence-electron chi connectivity index (χ3n) is 2.84. The van der Waals surface area contributed by atoms with Crippen LogP contribution in [0, 0.1) is 0 Å². The van der Waals surface area contributed by atoms with Crippen LogP contribution in [0.4, 0.5) is 11.5 Å². The zero-order valence-corrected chi connectivity index (χ0v) is 12.1. The molecule has 1 heterocycles. The molecule has 0 unspecified atom stereocenters. The Kier molecular flexibility index (Phi) is 4.83. The van der Waals surface area contributed by atoms with E-state index in [9.17, 15) is 14.4 Å². The van der Waals surface area contributed by atoms with Crippen LogP contribution in [0.25, 0.3) is 0 Å². The largest absolute Gasteiger partial charge is 0.364 e. The predicted octanol–water partition coefficient (Wildman–Crippen LogP) is 1.56. The first kappa shape index (κ1) is 15.9. The molecule has 1 aromatic carbocycles. The molecule has 1 aromatic heterocycles. The highest BCUT2D eigenvalue weighted by Gasteiger charge is 2.09. The number of carbonyl (C=O) groups is 3. The maximum absolute atomic E-state index is 12.1. The van der Waals surface area contributed by atoms with Gasteiger partial charge in [-0.15, -0.1) is 0 Å². The molecule has 116 valence electrons. The minimum absolute atomic E-state index is 0.0604. The minimum Gasteiger partial charge on any atom is -0.364 e. The molecule has 2 rings (SSSR count). The number of nitrogens with one attached hydrogen (secondary N) is 2. The van der Waals surface area contributed by atoms with Gasteiger partial charge in [0.1, 0.15) is 11.5 Å². The monoisotopic (exact) mass is 310 g/mol. The maximum atomic E-state index is 12.1. The molecule has 0 radical (unpaired) electrons. The number of benzene rings is 1. The molecule has 0 saturated carbocycles. The van der Waals surface area contributed by atoms with Gasteiger partial charge in [-0.2, -0.15) is 0 Å². The lowest BCUT2D eigenvalue weighted by Crippen LogP contribution is -2.17. The second-order valence-corrected chi connectivity index (χ2v) is 4.50. The van der Waals surface area contributed by atoms with E-state index in [0.29, 0.717) is 11.3 Å². The molecule has 7 nitrogen and oxygen atoms in total. The second kappa shape index (κ2) is 6.99. The van der Waals surface area contributed by atoms with Crippen LogP contribution >= 0.6 is 0 Å². The van der Waals surface area contributed by atoms with Gasteiger partial charge in [0.15, 0.2) is 0 Å². The molecular formula is C16H14N4O3. The number of primary amides is 1. The number of hydrogen-bond acceptors (Lipinski definition) is 4. The molecule has 0 spiro atoms. The second-order valence-electron chi connectivity index (χ2n) is 4.50. The van der Waals surface area contributed by atoms with Crippen molar-refractivity contribution < 1.29 is 14.4 Å². The normalized spacial score (nSPS) is 9.74. The van der Waals surface area contributed by atoms with Gasteiger partial charge >= 0.3 is 0 Å². The van der Waals surface area contributed by atoms with Crippen LogP contribution in [0.5, 0.6) is 0 Å². The van der Waals surface area contributed by atoms with Gasteiger partial charge in [-0.05, 0) is 42.5 Å². The molecule has 3 amide bonds. The topological polar surface area (TPSA) is 114 Å². The SMILES string of the molecule is C=CC(=O)Nc1ccc(C(=O)Nc2cccc(C(N)=O)n2)cc1. The van der Waals surface area contributed by atoms with E-state index >= 15 is 0 Å². The van der Waals surface area contributed by atoms with Crippen molar-refractivity contribution in [3.63, 3.8) is 0 Å². The first-order valence-corrected chi connectivity index (χ1v) is 6.61. The molecule has 0 bridgehead atoms. The molecule has 0 aliphatic carbocycles. The summed E-state index contributed by atoms with van der Waals surface area (Å²) in [5.41, 5.74) is 6.11. The molecule has 0 atom stereocenters. The summed E-state index contributed by atoms with van der Waals surface area (Å²) < 4.78 is 0. The van der Waals surface area contributed by atoms with E-state index in [2.05, 4.69) is 22.2 Å². The average Bonchev–Trinajstić information content (AvgIpc) is 2.55. The Hall–Kier alpha value is -3.48. The molecular weight excluding hydrogens is 296 g/mol. The minimum atomic E-state index is -0.677. The van der Waals surface area contributed by atoms with E-state index in [1.54, 1.807) is 36.4 Å². The molecule has 23 heavy (non-hydrogen) atoms. The molecule has 0 saturated heterocycles. The first-order chi connectivity index (χ1) is 11.0. The Morgan fingerprint density at radius 2 is 1.74 bits per heavy atom. The van der Waals surface area contributed by atoms with Crippen LogP contribution in [0.15, 0.2) is 55.1 Å². The number of nitrogens with zero attached hydrogens (tertiary/aromatic N) is 1. The van der Waals surface area contributed by atoms with Gasteiger partial charge in [0.25, 0.3) is 11.8 Å². The lowest BCUT2D eigenvalue weighted by atomic mass is 10.2. The Morgan fingerprint density at radius 1 is 1.04 bits per heavy atom. The van der Waals surface area contributed by atoms with Gasteiger partial charge in [0.2, 0.25) is 5.91 Å².